The van der Waals surface area contributed by atoms with E-state index in [4.69, 9.17) is 25.5 Å². The van der Waals surface area contributed by atoms with Crippen LogP contribution in [-0.4, -0.2) is 40.8 Å². The van der Waals surface area contributed by atoms with Gasteiger partial charge in [-0.1, -0.05) is 19.3 Å². The first-order chi connectivity index (χ1) is 11.2. The third-order valence-corrected chi connectivity index (χ3v) is 5.89. The molecule has 0 bridgehead atoms. The van der Waals surface area contributed by atoms with Gasteiger partial charge in [-0.15, -0.1) is 20.6 Å². The normalized spacial score (nSPS) is 26.5. The van der Waals surface area contributed by atoms with Gasteiger partial charge in [0.25, 0.3) is 0 Å². The van der Waals surface area contributed by atoms with Crippen LogP contribution in [0.2, 0.25) is 0 Å². The molecule has 0 amide bonds. The molecule has 1 atom stereocenters. The number of hydroxylamine groups is 2. The van der Waals surface area contributed by atoms with Gasteiger partial charge in [-0.3, -0.25) is 4.84 Å². The van der Waals surface area contributed by atoms with Gasteiger partial charge >= 0.3 is 8.25 Å². The van der Waals surface area contributed by atoms with Crippen molar-refractivity contribution >= 4 is 19.9 Å². The summed E-state index contributed by atoms with van der Waals surface area (Å²) in [5, 5.41) is 2.17. The number of rotatable bonds is 7. The Bertz CT molecular complexity index is 409. The van der Waals surface area contributed by atoms with Crippen LogP contribution in [-0.2, 0) is 18.5 Å². The third-order valence-electron chi connectivity index (χ3n) is 4.87. The van der Waals surface area contributed by atoms with E-state index in [0.717, 1.165) is 25.7 Å². The molecule has 0 aromatic carbocycles. The summed E-state index contributed by atoms with van der Waals surface area (Å²) in [6.45, 7) is 8.91. The lowest BCUT2D eigenvalue weighted by Crippen LogP contribution is -2.62. The second-order valence-corrected chi connectivity index (χ2v) is 9.46. The number of hydrogen-bond acceptors (Lipinski definition) is 5. The van der Waals surface area contributed by atoms with Gasteiger partial charge in [-0.25, -0.2) is 0 Å². The molecule has 1 saturated carbocycles. The molecule has 1 aliphatic carbocycles. The molecule has 2 rings (SSSR count). The molecule has 1 aliphatic heterocycles. The van der Waals surface area contributed by atoms with Gasteiger partial charge in [0, 0.05) is 15.6 Å². The maximum Gasteiger partial charge on any atom is 0.697 e. The summed E-state index contributed by atoms with van der Waals surface area (Å²) < 4.78 is 22.6. The molecule has 2 aliphatic rings. The first-order valence-corrected chi connectivity index (χ1v) is 10.7. The molecule has 7 heteroatoms. The highest BCUT2D eigenvalue weighted by Crippen LogP contribution is 2.44. The van der Waals surface area contributed by atoms with E-state index in [9.17, 15) is 4.57 Å². The van der Waals surface area contributed by atoms with E-state index in [0.29, 0.717) is 12.0 Å². The van der Waals surface area contributed by atoms with E-state index in [2.05, 4.69) is 32.8 Å². The van der Waals surface area contributed by atoms with Gasteiger partial charge in [0.15, 0.2) is 0 Å². The van der Waals surface area contributed by atoms with Crippen molar-refractivity contribution < 1.29 is 18.5 Å². The average Bonchev–Trinajstić information content (AvgIpc) is 2.49. The summed E-state index contributed by atoms with van der Waals surface area (Å²) in [6, 6.07) is 0. The standard InChI is InChI=1S/C17H32ClNO4P/c1-16(2)12-15(23-24(20)21-11-10-18)13-17(3,4)19(16)22-14-8-6-5-7-9-14/h14-15H,5-13H2,1-4H3/q+1. The van der Waals surface area contributed by atoms with Gasteiger partial charge in [0.1, 0.15) is 12.7 Å². The summed E-state index contributed by atoms with van der Waals surface area (Å²) in [7, 11) is -2.12. The predicted molar refractivity (Wildman–Crippen MR) is 96.3 cm³/mol. The van der Waals surface area contributed by atoms with E-state index >= 15 is 0 Å². The van der Waals surface area contributed by atoms with E-state index in [-0.39, 0.29) is 23.8 Å². The minimum absolute atomic E-state index is 0.111. The van der Waals surface area contributed by atoms with Gasteiger partial charge in [-0.2, -0.15) is 5.06 Å². The number of alkyl halides is 1. The molecule has 0 aromatic heterocycles. The van der Waals surface area contributed by atoms with E-state index < -0.39 is 8.25 Å². The van der Waals surface area contributed by atoms with Gasteiger partial charge in [-0.05, 0) is 53.4 Å². The van der Waals surface area contributed by atoms with Crippen LogP contribution < -0.4 is 0 Å². The third kappa shape index (κ3) is 5.62. The molecule has 0 aromatic rings. The molecule has 0 N–H and O–H groups in total. The lowest BCUT2D eigenvalue weighted by Gasteiger charge is -2.53. The zero-order chi connectivity index (χ0) is 17.8. The Morgan fingerprint density at radius 1 is 1.04 bits per heavy atom. The summed E-state index contributed by atoms with van der Waals surface area (Å²) >= 11 is 5.56. The van der Waals surface area contributed by atoms with Crippen molar-refractivity contribution in [3.63, 3.8) is 0 Å². The zero-order valence-electron chi connectivity index (χ0n) is 15.4. The Labute approximate surface area is 152 Å². The topological polar surface area (TPSA) is 48.0 Å². The van der Waals surface area contributed by atoms with Gasteiger partial charge in [0.05, 0.1) is 12.0 Å². The Kier molecular flexibility index (Phi) is 7.49. The van der Waals surface area contributed by atoms with Crippen LogP contribution in [0.25, 0.3) is 0 Å². The Hall–Kier alpha value is 0.230. The largest absolute Gasteiger partial charge is 0.697 e. The molecular weight excluding hydrogens is 349 g/mol. The first kappa shape index (κ1) is 20.5. The SMILES string of the molecule is CC1(C)CC(O[P+](=O)OCCCl)CC(C)(C)N1OC1CCCCC1. The molecule has 1 unspecified atom stereocenters. The first-order valence-electron chi connectivity index (χ1n) is 9.04. The van der Waals surface area contributed by atoms with Crippen LogP contribution in [0.1, 0.15) is 72.6 Å². The molecule has 0 spiro atoms. The highest BCUT2D eigenvalue weighted by atomic mass is 35.5. The molecule has 1 heterocycles. The number of hydrogen-bond donors (Lipinski definition) is 0. The lowest BCUT2D eigenvalue weighted by atomic mass is 9.80. The van der Waals surface area contributed by atoms with Crippen LogP contribution >= 0.6 is 19.9 Å². The fourth-order valence-electron chi connectivity index (χ4n) is 4.11. The van der Waals surface area contributed by atoms with Crippen molar-refractivity contribution in [2.45, 2.75) is 95.9 Å². The van der Waals surface area contributed by atoms with Crippen molar-refractivity contribution in [2.24, 2.45) is 0 Å². The van der Waals surface area contributed by atoms with Crippen LogP contribution in [0.4, 0.5) is 0 Å². The lowest BCUT2D eigenvalue weighted by molar-refractivity contribution is -0.316. The van der Waals surface area contributed by atoms with E-state index in [1.807, 2.05) is 0 Å². The van der Waals surface area contributed by atoms with E-state index in [1.54, 1.807) is 0 Å². The molecule has 1 saturated heterocycles. The molecular formula is C17H32ClNO4P+. The van der Waals surface area contributed by atoms with Crippen molar-refractivity contribution in [2.75, 3.05) is 12.5 Å². The maximum atomic E-state index is 11.9. The smallest absolute Gasteiger partial charge is 0.295 e. The molecule has 2 fully saturated rings. The minimum atomic E-state index is -2.12. The van der Waals surface area contributed by atoms with Gasteiger partial charge in [0.2, 0.25) is 0 Å². The summed E-state index contributed by atoms with van der Waals surface area (Å²) in [5.74, 6) is 0.315. The fourth-order valence-corrected chi connectivity index (χ4v) is 4.99. The van der Waals surface area contributed by atoms with Crippen LogP contribution in [0, 0.1) is 0 Å². The van der Waals surface area contributed by atoms with Crippen LogP contribution in [0.5, 0.6) is 0 Å². The quantitative estimate of drug-likeness (QED) is 0.448. The highest BCUT2D eigenvalue weighted by Gasteiger charge is 2.50. The van der Waals surface area contributed by atoms with Crippen LogP contribution in [0.3, 0.4) is 0 Å². The molecule has 0 radical (unpaired) electrons. The second-order valence-electron chi connectivity index (χ2n) is 8.17. The molecule has 140 valence electrons. The molecule has 5 nitrogen and oxygen atoms in total. The average molecular weight is 381 g/mol. The summed E-state index contributed by atoms with van der Waals surface area (Å²) in [5.41, 5.74) is -0.376. The van der Waals surface area contributed by atoms with E-state index in [1.165, 1.54) is 19.3 Å². The van der Waals surface area contributed by atoms with Gasteiger partial charge < -0.3 is 0 Å². The zero-order valence-corrected chi connectivity index (χ0v) is 17.1. The Balaban J connectivity index is 1.98. The van der Waals surface area contributed by atoms with Crippen molar-refractivity contribution in [1.82, 2.24) is 5.06 Å². The minimum Gasteiger partial charge on any atom is -0.295 e. The Morgan fingerprint density at radius 3 is 2.17 bits per heavy atom. The molecule has 24 heavy (non-hydrogen) atoms. The van der Waals surface area contributed by atoms with Crippen molar-refractivity contribution in [1.29, 1.82) is 0 Å². The predicted octanol–water partition coefficient (Wildman–Crippen LogP) is 5.20. The fraction of sp³-hybridized carbons (Fsp3) is 1.00. The van der Waals surface area contributed by atoms with Crippen LogP contribution in [0.15, 0.2) is 0 Å². The highest BCUT2D eigenvalue weighted by molar-refractivity contribution is 7.33. The maximum absolute atomic E-state index is 11.9. The summed E-state index contributed by atoms with van der Waals surface area (Å²) in [6.07, 6.45) is 7.83. The monoisotopic (exact) mass is 380 g/mol. The van der Waals surface area contributed by atoms with Crippen molar-refractivity contribution in [3.05, 3.63) is 0 Å². The van der Waals surface area contributed by atoms with Crippen molar-refractivity contribution in [3.8, 4) is 0 Å². The number of nitrogens with zero attached hydrogens (tertiary/aromatic N) is 1. The number of halogens is 1. The number of piperidine rings is 1. The summed E-state index contributed by atoms with van der Waals surface area (Å²) in [4.78, 5) is 6.44. The Morgan fingerprint density at radius 2 is 1.62 bits per heavy atom. The second kappa shape index (κ2) is 8.75.